The number of nitrogens with zero attached hydrogens (tertiary/aromatic N) is 5. The van der Waals surface area contributed by atoms with E-state index in [1.54, 1.807) is 11.6 Å². The van der Waals surface area contributed by atoms with Crippen molar-refractivity contribution >= 4 is 66.7 Å². The summed E-state index contributed by atoms with van der Waals surface area (Å²) >= 11 is 1.84. The van der Waals surface area contributed by atoms with Gasteiger partial charge in [0, 0.05) is 61.7 Å². The van der Waals surface area contributed by atoms with Crippen molar-refractivity contribution in [1.29, 1.82) is 0 Å². The number of pyridine rings is 1. The van der Waals surface area contributed by atoms with Gasteiger partial charge in [0.05, 0.1) is 39.3 Å². The number of aromatic nitrogens is 2. The van der Waals surface area contributed by atoms with Crippen LogP contribution in [0.3, 0.4) is 0 Å². The minimum Gasteiger partial charge on any atom is -0.468 e. The van der Waals surface area contributed by atoms with E-state index >= 15 is 0 Å². The number of carbonyl (C=O) groups excluding carboxylic acids is 1. The molecule has 11 rings (SSSR count). The van der Waals surface area contributed by atoms with Gasteiger partial charge in [-0.15, -0.1) is 0 Å². The van der Waals surface area contributed by atoms with Crippen LogP contribution < -0.4 is 24.6 Å². The zero-order chi connectivity index (χ0) is 49.2. The molecule has 7 heterocycles. The largest absolute Gasteiger partial charge is 0.468 e. The Hall–Kier alpha value is -5.27. The lowest BCUT2D eigenvalue weighted by Gasteiger charge is -2.57. The second kappa shape index (κ2) is 19.0. The van der Waals surface area contributed by atoms with E-state index < -0.39 is 43.1 Å². The summed E-state index contributed by atoms with van der Waals surface area (Å²) in [7, 11) is -4.61. The fourth-order valence-corrected chi connectivity index (χ4v) is 14.7. The van der Waals surface area contributed by atoms with Crippen molar-refractivity contribution < 1.29 is 32.7 Å². The predicted octanol–water partition coefficient (Wildman–Crippen LogP) is 9.79. The van der Waals surface area contributed by atoms with Crippen molar-refractivity contribution in [1.82, 2.24) is 19.6 Å². The number of aromatic amines is 1. The molecule has 0 bridgehead atoms. The Labute approximate surface area is 419 Å². The van der Waals surface area contributed by atoms with Crippen LogP contribution in [0.25, 0.3) is 11.0 Å². The summed E-state index contributed by atoms with van der Waals surface area (Å²) in [5.41, 5.74) is 5.28. The van der Waals surface area contributed by atoms with Crippen LogP contribution >= 0.6 is 11.3 Å². The number of benzene rings is 2. The number of aliphatic hydroxyl groups is 1. The molecule has 71 heavy (non-hydrogen) atoms. The molecule has 18 heteroatoms. The molecule has 4 N–H and O–H groups in total. The SMILES string of the molecule is CC(C)c1cscc1[C@@H]1CCCCN1C1CC2(CCN(c3ccc(C(=O)NS(=O)(=O)c4ccc(NCC5CCC(C)(O)CC5)c([N+](=O)[O-])c4)c(N4c5cc6cc[nH]c6nc5O[C@H]5COCC[C@@H]54)c3)CC2)C1. The molecule has 2 saturated carbocycles. The fraction of sp³-hybridized carbons (Fsp3) is 0.547. The number of amides is 1. The number of anilines is 4. The highest BCUT2D eigenvalue weighted by Crippen LogP contribution is 2.55. The first-order valence-electron chi connectivity index (χ1n) is 25.7. The Morgan fingerprint density at radius 3 is 2.58 bits per heavy atom. The molecule has 2 aromatic carbocycles. The lowest BCUT2D eigenvalue weighted by atomic mass is 9.59. The standard InChI is InChI=1S/C53H66N8O8S2/c1-33(2)40-31-70-32-41(40)43-6-4-5-20-59(43)37-27-53(28-37)17-21-58(22-18-53)36-7-9-39(45(25-36)60-44-14-23-68-30-48(44)69-51-47(60)24-35-13-19-54-49(35)56-51)50(62)57-71(66,67)38-8-10-42(46(26-38)61(64)65)55-29-34-11-15-52(3,63)16-12-34/h7-10,13,19,24-26,31-34,37,43-44,48,55,63H,4-6,11-12,14-18,20-23,27-30H2,1-3H3,(H,54,56)(H,57,62)/t34?,43-,44-,48-,52?/m0/s1. The minimum absolute atomic E-state index is 0.126. The van der Waals surface area contributed by atoms with Gasteiger partial charge in [0.2, 0.25) is 5.88 Å². The lowest BCUT2D eigenvalue weighted by molar-refractivity contribution is -0.384. The van der Waals surface area contributed by atoms with Crippen LogP contribution in [0.5, 0.6) is 5.88 Å². The molecule has 1 amide bonds. The Morgan fingerprint density at radius 1 is 1.00 bits per heavy atom. The first-order valence-corrected chi connectivity index (χ1v) is 28.1. The van der Waals surface area contributed by atoms with Gasteiger partial charge in [-0.25, -0.2) is 13.1 Å². The quantitative estimate of drug-likeness (QED) is 0.0682. The Morgan fingerprint density at radius 2 is 1.80 bits per heavy atom. The number of nitro groups is 1. The van der Waals surface area contributed by atoms with Gasteiger partial charge in [0.1, 0.15) is 23.1 Å². The average molecular weight is 1010 g/mol. The second-order valence-electron chi connectivity index (χ2n) is 21.8. The maximum absolute atomic E-state index is 14.7. The number of likely N-dealkylation sites (tertiary alicyclic amines) is 1. The summed E-state index contributed by atoms with van der Waals surface area (Å²) in [6, 6.07) is 14.0. The van der Waals surface area contributed by atoms with Gasteiger partial charge >= 0.3 is 0 Å². The third-order valence-electron chi connectivity index (χ3n) is 16.8. The normalized spacial score (nSPS) is 25.9. The third kappa shape index (κ3) is 9.39. The predicted molar refractivity (Wildman–Crippen MR) is 276 cm³/mol. The van der Waals surface area contributed by atoms with Crippen molar-refractivity contribution in [2.45, 2.75) is 138 Å². The molecule has 2 aliphatic carbocycles. The van der Waals surface area contributed by atoms with E-state index in [4.69, 9.17) is 14.5 Å². The van der Waals surface area contributed by atoms with Crippen LogP contribution in [-0.2, 0) is 14.8 Å². The number of hydrogen-bond donors (Lipinski definition) is 4. The van der Waals surface area contributed by atoms with Gasteiger partial charge in [0.15, 0.2) is 0 Å². The zero-order valence-corrected chi connectivity index (χ0v) is 42.5. The fourth-order valence-electron chi connectivity index (χ4n) is 12.6. The number of hydrogen-bond acceptors (Lipinski definition) is 14. The molecule has 5 aromatic rings. The van der Waals surface area contributed by atoms with Gasteiger partial charge in [-0.3, -0.25) is 19.8 Å². The first kappa shape index (κ1) is 48.0. The summed E-state index contributed by atoms with van der Waals surface area (Å²) in [5.74, 6) is 0.233. The van der Waals surface area contributed by atoms with Gasteiger partial charge in [-0.1, -0.05) is 20.3 Å². The summed E-state index contributed by atoms with van der Waals surface area (Å²) < 4.78 is 43.1. The number of fused-ring (bicyclic) bond motifs is 3. The number of carbonyl (C=O) groups is 1. The Bertz CT molecular complexity index is 2910. The maximum Gasteiger partial charge on any atom is 0.293 e. The van der Waals surface area contributed by atoms with E-state index in [0.717, 1.165) is 62.5 Å². The maximum atomic E-state index is 14.7. The van der Waals surface area contributed by atoms with Crippen LogP contribution in [0.1, 0.15) is 131 Å². The van der Waals surface area contributed by atoms with Crippen LogP contribution in [0.15, 0.2) is 70.4 Å². The van der Waals surface area contributed by atoms with E-state index in [-0.39, 0.29) is 23.2 Å². The number of rotatable bonds is 12. The highest BCUT2D eigenvalue weighted by molar-refractivity contribution is 7.90. The molecule has 1 spiro atoms. The summed E-state index contributed by atoms with van der Waals surface area (Å²) in [4.78, 5) is 41.4. The molecule has 3 aromatic heterocycles. The van der Waals surface area contributed by atoms with Gasteiger partial charge < -0.3 is 34.7 Å². The molecule has 5 fully saturated rings. The Kier molecular flexibility index (Phi) is 12.8. The van der Waals surface area contributed by atoms with Crippen LogP contribution in [0, 0.1) is 21.4 Å². The highest BCUT2D eigenvalue weighted by Gasteiger charge is 2.50. The number of thiophene rings is 1. The monoisotopic (exact) mass is 1010 g/mol. The van der Waals surface area contributed by atoms with E-state index in [2.05, 4.69) is 54.3 Å². The van der Waals surface area contributed by atoms with Crippen LogP contribution in [0.2, 0.25) is 0 Å². The van der Waals surface area contributed by atoms with E-state index in [9.17, 15) is 28.4 Å². The number of nitrogens with one attached hydrogen (secondary N) is 3. The number of ether oxygens (including phenoxy) is 2. The highest BCUT2D eigenvalue weighted by atomic mass is 32.2. The molecule has 6 aliphatic rings. The molecule has 16 nitrogen and oxygen atoms in total. The Balaban J connectivity index is 0.865. The molecule has 3 saturated heterocycles. The number of H-pyrrole nitrogens is 1. The van der Waals surface area contributed by atoms with Gasteiger partial charge in [-0.2, -0.15) is 16.3 Å². The van der Waals surface area contributed by atoms with Crippen molar-refractivity contribution in [3.63, 3.8) is 0 Å². The average Bonchev–Trinajstić information content (AvgIpc) is 4.04. The van der Waals surface area contributed by atoms with Gasteiger partial charge in [-0.05, 0) is 166 Å². The van der Waals surface area contributed by atoms with Crippen LogP contribution in [-0.4, -0.2) is 102 Å². The van der Waals surface area contributed by atoms with Gasteiger partial charge in [0.25, 0.3) is 21.6 Å². The van der Waals surface area contributed by atoms with E-state index in [0.29, 0.717) is 85.3 Å². The zero-order valence-electron chi connectivity index (χ0n) is 40.9. The molecular weight excluding hydrogens is 941 g/mol. The molecule has 0 unspecified atom stereocenters. The summed E-state index contributed by atoms with van der Waals surface area (Å²) in [5, 5.41) is 31.5. The third-order valence-corrected chi connectivity index (χ3v) is 18.9. The smallest absolute Gasteiger partial charge is 0.293 e. The minimum atomic E-state index is -4.61. The van der Waals surface area contributed by atoms with Crippen molar-refractivity contribution in [2.75, 3.05) is 54.5 Å². The van der Waals surface area contributed by atoms with E-state index in [1.165, 1.54) is 49.8 Å². The number of piperidine rings is 2. The number of nitro benzene ring substituents is 1. The van der Waals surface area contributed by atoms with Crippen molar-refractivity contribution in [3.8, 4) is 5.88 Å². The van der Waals surface area contributed by atoms with Crippen molar-refractivity contribution in [3.05, 3.63) is 92.3 Å². The van der Waals surface area contributed by atoms with Crippen LogP contribution in [0.4, 0.5) is 28.4 Å². The lowest BCUT2D eigenvalue weighted by Crippen LogP contribution is -2.56. The first-order chi connectivity index (χ1) is 34.1. The number of sulfonamides is 1. The molecule has 4 aliphatic heterocycles. The van der Waals surface area contributed by atoms with Crippen molar-refractivity contribution in [2.24, 2.45) is 11.3 Å². The van der Waals surface area contributed by atoms with E-state index in [1.807, 2.05) is 48.7 Å². The second-order valence-corrected chi connectivity index (χ2v) is 24.2. The molecule has 0 radical (unpaired) electrons. The summed E-state index contributed by atoms with van der Waals surface area (Å²) in [6.45, 7) is 10.5. The molecule has 3 atom stereocenters. The molecule has 378 valence electrons. The topological polar surface area (TPSA) is 196 Å². The summed E-state index contributed by atoms with van der Waals surface area (Å²) in [6.07, 6.45) is 13.1. The molecular formula is C53H66N8O8S2.